The van der Waals surface area contributed by atoms with E-state index in [1.165, 1.54) is 30.6 Å². The molecule has 2 bridgehead atoms. The number of fused-ring (bicyclic) bond motifs is 2. The third-order valence-corrected chi connectivity index (χ3v) is 6.04. The summed E-state index contributed by atoms with van der Waals surface area (Å²) in [7, 11) is 0. The lowest BCUT2D eigenvalue weighted by molar-refractivity contribution is 0.124. The fourth-order valence-corrected chi connectivity index (χ4v) is 4.93. The van der Waals surface area contributed by atoms with Crippen molar-refractivity contribution >= 4 is 11.3 Å². The van der Waals surface area contributed by atoms with Gasteiger partial charge in [0.05, 0.1) is 16.8 Å². The largest absolute Gasteiger partial charge is 0.393 e. The highest BCUT2D eigenvalue weighted by atomic mass is 32.1. The SMILES string of the molecule is Cc1nc(CC(O)CC2CC3CCC2C3)sc1C. The van der Waals surface area contributed by atoms with E-state index in [4.69, 9.17) is 0 Å². The number of aromatic nitrogens is 1. The van der Waals surface area contributed by atoms with Crippen LogP contribution in [0.3, 0.4) is 0 Å². The van der Waals surface area contributed by atoms with Crippen molar-refractivity contribution in [3.63, 3.8) is 0 Å². The molecular formula is C15H23NOS. The Balaban J connectivity index is 1.54. The Bertz CT molecular complexity index is 409. The predicted octanol–water partition coefficient (Wildman–Crippen LogP) is 3.49. The van der Waals surface area contributed by atoms with Crippen molar-refractivity contribution in [2.45, 2.75) is 58.5 Å². The second kappa shape index (κ2) is 4.93. The molecule has 2 aliphatic carbocycles. The van der Waals surface area contributed by atoms with E-state index < -0.39 is 0 Å². The lowest BCUT2D eigenvalue weighted by Crippen LogP contribution is -2.20. The maximum atomic E-state index is 10.3. The minimum Gasteiger partial charge on any atom is -0.393 e. The van der Waals surface area contributed by atoms with Gasteiger partial charge in [0.15, 0.2) is 0 Å². The Morgan fingerprint density at radius 2 is 2.17 bits per heavy atom. The van der Waals surface area contributed by atoms with E-state index in [-0.39, 0.29) is 6.10 Å². The zero-order valence-electron chi connectivity index (χ0n) is 11.4. The second-order valence-electron chi connectivity index (χ2n) is 6.28. The van der Waals surface area contributed by atoms with Gasteiger partial charge in [-0.25, -0.2) is 4.98 Å². The summed E-state index contributed by atoms with van der Waals surface area (Å²) in [6.45, 7) is 4.16. The summed E-state index contributed by atoms with van der Waals surface area (Å²) in [6, 6.07) is 0. The third-order valence-electron chi connectivity index (χ3n) is 4.94. The Labute approximate surface area is 113 Å². The van der Waals surface area contributed by atoms with Crippen LogP contribution in [0.4, 0.5) is 0 Å². The summed E-state index contributed by atoms with van der Waals surface area (Å²) in [5, 5.41) is 11.4. The molecule has 0 amide bonds. The van der Waals surface area contributed by atoms with Crippen LogP contribution < -0.4 is 0 Å². The van der Waals surface area contributed by atoms with E-state index in [1.807, 2.05) is 0 Å². The quantitative estimate of drug-likeness (QED) is 0.904. The average molecular weight is 265 g/mol. The van der Waals surface area contributed by atoms with Gasteiger partial charge >= 0.3 is 0 Å². The summed E-state index contributed by atoms with van der Waals surface area (Å²) in [5.41, 5.74) is 1.13. The van der Waals surface area contributed by atoms with Gasteiger partial charge in [-0.2, -0.15) is 0 Å². The molecule has 2 nitrogen and oxygen atoms in total. The Kier molecular flexibility index (Phi) is 3.46. The van der Waals surface area contributed by atoms with Crippen molar-refractivity contribution in [3.8, 4) is 0 Å². The molecule has 1 aromatic rings. The van der Waals surface area contributed by atoms with Crippen LogP contribution in [0.15, 0.2) is 0 Å². The number of hydrogen-bond acceptors (Lipinski definition) is 3. The Hall–Kier alpha value is -0.410. The second-order valence-corrected chi connectivity index (χ2v) is 7.57. The summed E-state index contributed by atoms with van der Waals surface area (Å²) in [6.07, 6.45) is 7.25. The molecule has 4 atom stereocenters. The van der Waals surface area contributed by atoms with Crippen LogP contribution in [0, 0.1) is 31.6 Å². The van der Waals surface area contributed by atoms with Crippen LogP contribution in [0.1, 0.15) is 47.7 Å². The summed E-state index contributed by atoms with van der Waals surface area (Å²) < 4.78 is 0. The number of aliphatic hydroxyl groups is 1. The molecule has 1 heterocycles. The van der Waals surface area contributed by atoms with Gasteiger partial charge in [0, 0.05) is 11.3 Å². The van der Waals surface area contributed by atoms with E-state index in [9.17, 15) is 5.11 Å². The van der Waals surface area contributed by atoms with E-state index in [0.29, 0.717) is 0 Å². The predicted molar refractivity (Wildman–Crippen MR) is 74.9 cm³/mol. The van der Waals surface area contributed by atoms with Crippen molar-refractivity contribution in [1.29, 1.82) is 0 Å². The third kappa shape index (κ3) is 2.48. The van der Waals surface area contributed by atoms with Gasteiger partial charge in [0.25, 0.3) is 0 Å². The summed E-state index contributed by atoms with van der Waals surface area (Å²) in [4.78, 5) is 5.82. The Morgan fingerprint density at radius 3 is 2.72 bits per heavy atom. The molecule has 3 rings (SSSR count). The summed E-state index contributed by atoms with van der Waals surface area (Å²) >= 11 is 1.74. The van der Waals surface area contributed by atoms with E-state index >= 15 is 0 Å². The highest BCUT2D eigenvalue weighted by Crippen LogP contribution is 2.50. The maximum Gasteiger partial charge on any atom is 0.0956 e. The molecule has 0 aromatic carbocycles. The Morgan fingerprint density at radius 1 is 1.33 bits per heavy atom. The normalized spacial score (nSPS) is 32.1. The smallest absolute Gasteiger partial charge is 0.0956 e. The molecule has 3 heteroatoms. The maximum absolute atomic E-state index is 10.3. The lowest BCUT2D eigenvalue weighted by atomic mass is 9.84. The number of aliphatic hydroxyl groups excluding tert-OH is 1. The zero-order chi connectivity index (χ0) is 12.7. The van der Waals surface area contributed by atoms with Crippen molar-refractivity contribution < 1.29 is 5.11 Å². The van der Waals surface area contributed by atoms with Crippen molar-refractivity contribution in [1.82, 2.24) is 4.98 Å². The van der Waals surface area contributed by atoms with Gasteiger partial charge in [0.1, 0.15) is 0 Å². The molecule has 0 aliphatic heterocycles. The fraction of sp³-hybridized carbons (Fsp3) is 0.800. The first kappa shape index (κ1) is 12.6. The monoisotopic (exact) mass is 265 g/mol. The number of thiazole rings is 1. The van der Waals surface area contributed by atoms with Crippen LogP contribution >= 0.6 is 11.3 Å². The number of aryl methyl sites for hydroxylation is 2. The first-order chi connectivity index (χ1) is 8.61. The molecule has 2 aliphatic rings. The first-order valence-electron chi connectivity index (χ1n) is 7.22. The number of rotatable bonds is 4. The number of nitrogens with zero attached hydrogens (tertiary/aromatic N) is 1. The zero-order valence-corrected chi connectivity index (χ0v) is 12.2. The van der Waals surface area contributed by atoms with Crippen LogP contribution in [0.25, 0.3) is 0 Å². The van der Waals surface area contributed by atoms with E-state index in [2.05, 4.69) is 18.8 Å². The minimum absolute atomic E-state index is 0.181. The minimum atomic E-state index is -0.181. The molecule has 0 radical (unpaired) electrons. The number of hydrogen-bond donors (Lipinski definition) is 1. The van der Waals surface area contributed by atoms with Crippen LogP contribution in [-0.2, 0) is 6.42 Å². The molecule has 1 N–H and O–H groups in total. The van der Waals surface area contributed by atoms with Gasteiger partial charge in [-0.3, -0.25) is 0 Å². The molecule has 18 heavy (non-hydrogen) atoms. The molecule has 0 spiro atoms. The molecule has 100 valence electrons. The van der Waals surface area contributed by atoms with Crippen LogP contribution in [0.2, 0.25) is 0 Å². The van der Waals surface area contributed by atoms with Gasteiger partial charge in [-0.05, 0) is 57.3 Å². The molecule has 0 saturated heterocycles. The van der Waals surface area contributed by atoms with Crippen molar-refractivity contribution in [3.05, 3.63) is 15.6 Å². The highest BCUT2D eigenvalue weighted by Gasteiger charge is 2.39. The van der Waals surface area contributed by atoms with Crippen LogP contribution in [-0.4, -0.2) is 16.2 Å². The van der Waals surface area contributed by atoms with Gasteiger partial charge in [-0.15, -0.1) is 11.3 Å². The molecule has 4 unspecified atom stereocenters. The van der Waals surface area contributed by atoms with Gasteiger partial charge in [-0.1, -0.05) is 6.42 Å². The standard InChI is InChI=1S/C15H23NOS/c1-9-10(2)18-15(16-9)8-14(17)7-13-6-11-3-4-12(13)5-11/h11-14,17H,3-8H2,1-2H3. The van der Waals surface area contributed by atoms with E-state index in [1.54, 1.807) is 11.3 Å². The van der Waals surface area contributed by atoms with Gasteiger partial charge in [0.2, 0.25) is 0 Å². The summed E-state index contributed by atoms with van der Waals surface area (Å²) in [5.74, 6) is 2.70. The highest BCUT2D eigenvalue weighted by molar-refractivity contribution is 7.11. The lowest BCUT2D eigenvalue weighted by Gasteiger charge is -2.23. The fourth-order valence-electron chi connectivity index (χ4n) is 3.93. The molecule has 2 fully saturated rings. The molecular weight excluding hydrogens is 242 g/mol. The molecule has 2 saturated carbocycles. The molecule has 1 aromatic heterocycles. The van der Waals surface area contributed by atoms with Crippen molar-refractivity contribution in [2.75, 3.05) is 0 Å². The van der Waals surface area contributed by atoms with Crippen molar-refractivity contribution in [2.24, 2.45) is 17.8 Å². The van der Waals surface area contributed by atoms with Crippen LogP contribution in [0.5, 0.6) is 0 Å². The topological polar surface area (TPSA) is 33.1 Å². The average Bonchev–Trinajstić information content (AvgIpc) is 2.96. The van der Waals surface area contributed by atoms with Gasteiger partial charge < -0.3 is 5.11 Å². The first-order valence-corrected chi connectivity index (χ1v) is 8.04. The van der Waals surface area contributed by atoms with E-state index in [0.717, 1.165) is 41.3 Å².